The number of rotatable bonds is 4. The molecule has 0 amide bonds. The molecule has 100 valence electrons. The number of halogens is 1. The third kappa shape index (κ3) is 3.13. The van der Waals surface area contributed by atoms with E-state index in [9.17, 15) is 4.79 Å². The minimum Gasteiger partial charge on any atom is -0.463 e. The zero-order chi connectivity index (χ0) is 13.8. The first-order valence-electron chi connectivity index (χ1n) is 5.48. The standard InChI is InChI=1S/C13H12INO4/c1-17-7-10-11(13(16)18-2)19-12(15-10)8-3-5-9(14)6-4-8/h3-6H,7H2,1-2H3. The van der Waals surface area contributed by atoms with Crippen molar-refractivity contribution in [2.75, 3.05) is 14.2 Å². The number of hydrogen-bond acceptors (Lipinski definition) is 5. The predicted octanol–water partition coefficient (Wildman–Crippen LogP) is 2.88. The number of ether oxygens (including phenoxy) is 2. The van der Waals surface area contributed by atoms with E-state index in [1.807, 2.05) is 24.3 Å². The van der Waals surface area contributed by atoms with Gasteiger partial charge in [-0.25, -0.2) is 9.78 Å². The van der Waals surface area contributed by atoms with E-state index in [0.29, 0.717) is 11.6 Å². The Morgan fingerprint density at radius 1 is 1.32 bits per heavy atom. The van der Waals surface area contributed by atoms with Gasteiger partial charge in [0.25, 0.3) is 0 Å². The second kappa shape index (κ2) is 6.16. The first-order chi connectivity index (χ1) is 9.15. The number of esters is 1. The monoisotopic (exact) mass is 373 g/mol. The van der Waals surface area contributed by atoms with Gasteiger partial charge < -0.3 is 13.9 Å². The Labute approximate surface area is 124 Å². The van der Waals surface area contributed by atoms with Crippen LogP contribution in [0.1, 0.15) is 16.2 Å². The van der Waals surface area contributed by atoms with Gasteiger partial charge in [0.05, 0.1) is 13.7 Å². The quantitative estimate of drug-likeness (QED) is 0.609. The summed E-state index contributed by atoms with van der Waals surface area (Å²) < 4.78 is 16.2. The predicted molar refractivity (Wildman–Crippen MR) is 76.7 cm³/mol. The summed E-state index contributed by atoms with van der Waals surface area (Å²) in [5.41, 5.74) is 1.23. The fraction of sp³-hybridized carbons (Fsp3) is 0.231. The van der Waals surface area contributed by atoms with Gasteiger partial charge in [0.15, 0.2) is 0 Å². The molecule has 1 heterocycles. The summed E-state index contributed by atoms with van der Waals surface area (Å²) in [5.74, 6) is -0.0990. The smallest absolute Gasteiger partial charge is 0.376 e. The van der Waals surface area contributed by atoms with Gasteiger partial charge in [0, 0.05) is 16.2 Å². The van der Waals surface area contributed by atoms with Crippen molar-refractivity contribution in [1.29, 1.82) is 0 Å². The molecule has 0 saturated heterocycles. The highest BCUT2D eigenvalue weighted by Gasteiger charge is 2.21. The van der Waals surface area contributed by atoms with Crippen LogP contribution in [0.3, 0.4) is 0 Å². The van der Waals surface area contributed by atoms with Gasteiger partial charge in [-0.15, -0.1) is 0 Å². The molecule has 2 rings (SSSR count). The molecule has 6 heteroatoms. The van der Waals surface area contributed by atoms with E-state index >= 15 is 0 Å². The summed E-state index contributed by atoms with van der Waals surface area (Å²) in [5, 5.41) is 0. The summed E-state index contributed by atoms with van der Waals surface area (Å²) >= 11 is 2.21. The van der Waals surface area contributed by atoms with Crippen LogP contribution in [0, 0.1) is 3.57 Å². The Balaban J connectivity index is 2.41. The van der Waals surface area contributed by atoms with E-state index in [4.69, 9.17) is 9.15 Å². The summed E-state index contributed by atoms with van der Waals surface area (Å²) in [7, 11) is 2.83. The average molecular weight is 373 g/mol. The third-order valence-corrected chi connectivity index (χ3v) is 3.16. The molecular formula is C13H12INO4. The van der Waals surface area contributed by atoms with Gasteiger partial charge >= 0.3 is 5.97 Å². The molecule has 0 unspecified atom stereocenters. The Hall–Kier alpha value is -1.41. The van der Waals surface area contributed by atoms with Gasteiger partial charge in [-0.2, -0.15) is 0 Å². The first kappa shape index (κ1) is 14.0. The van der Waals surface area contributed by atoms with Gasteiger partial charge in [-0.05, 0) is 46.9 Å². The number of methoxy groups -OCH3 is 2. The highest BCUT2D eigenvalue weighted by Crippen LogP contribution is 2.23. The highest BCUT2D eigenvalue weighted by molar-refractivity contribution is 14.1. The maximum absolute atomic E-state index is 11.6. The van der Waals surface area contributed by atoms with E-state index in [0.717, 1.165) is 9.13 Å². The molecule has 0 aliphatic carbocycles. The molecule has 0 N–H and O–H groups in total. The molecule has 0 saturated carbocycles. The first-order valence-corrected chi connectivity index (χ1v) is 6.56. The van der Waals surface area contributed by atoms with Crippen LogP contribution >= 0.6 is 22.6 Å². The van der Waals surface area contributed by atoms with Gasteiger partial charge in [0.2, 0.25) is 11.7 Å². The van der Waals surface area contributed by atoms with Crippen molar-refractivity contribution in [3.05, 3.63) is 39.3 Å². The van der Waals surface area contributed by atoms with E-state index < -0.39 is 5.97 Å². The fourth-order valence-corrected chi connectivity index (χ4v) is 1.91. The van der Waals surface area contributed by atoms with Crippen molar-refractivity contribution in [2.24, 2.45) is 0 Å². The van der Waals surface area contributed by atoms with Gasteiger partial charge in [-0.3, -0.25) is 0 Å². The highest BCUT2D eigenvalue weighted by atomic mass is 127. The lowest BCUT2D eigenvalue weighted by Crippen LogP contribution is -2.04. The number of carbonyl (C=O) groups excluding carboxylic acids is 1. The van der Waals surface area contributed by atoms with Crippen LogP contribution in [-0.4, -0.2) is 25.2 Å². The second-order valence-electron chi connectivity index (χ2n) is 3.73. The topological polar surface area (TPSA) is 61.6 Å². The van der Waals surface area contributed by atoms with Crippen LogP contribution < -0.4 is 0 Å². The number of nitrogens with zero attached hydrogens (tertiary/aromatic N) is 1. The van der Waals surface area contributed by atoms with Crippen LogP contribution in [0.25, 0.3) is 11.5 Å². The number of aromatic nitrogens is 1. The molecule has 0 atom stereocenters. The fourth-order valence-electron chi connectivity index (χ4n) is 1.55. The Morgan fingerprint density at radius 3 is 2.58 bits per heavy atom. The zero-order valence-corrected chi connectivity index (χ0v) is 12.6. The number of benzene rings is 1. The lowest BCUT2D eigenvalue weighted by Gasteiger charge is -1.96. The van der Waals surface area contributed by atoms with Gasteiger partial charge in [0.1, 0.15) is 5.69 Å². The largest absolute Gasteiger partial charge is 0.463 e. The molecule has 0 aliphatic rings. The van der Waals surface area contributed by atoms with Crippen molar-refractivity contribution < 1.29 is 18.7 Å². The molecule has 0 aliphatic heterocycles. The molecular weight excluding hydrogens is 361 g/mol. The van der Waals surface area contributed by atoms with Crippen LogP contribution in [0.4, 0.5) is 0 Å². The summed E-state index contributed by atoms with van der Waals surface area (Å²) in [6.45, 7) is 0.193. The van der Waals surface area contributed by atoms with Crippen molar-refractivity contribution in [3.63, 3.8) is 0 Å². The van der Waals surface area contributed by atoms with E-state index in [1.54, 1.807) is 0 Å². The molecule has 1 aromatic carbocycles. The Kier molecular flexibility index (Phi) is 4.54. The van der Waals surface area contributed by atoms with E-state index in [-0.39, 0.29) is 12.4 Å². The minimum atomic E-state index is -0.559. The molecule has 1 aromatic heterocycles. The van der Waals surface area contributed by atoms with E-state index in [2.05, 4.69) is 32.3 Å². The van der Waals surface area contributed by atoms with Crippen molar-refractivity contribution in [1.82, 2.24) is 4.98 Å². The minimum absolute atomic E-state index is 0.0814. The second-order valence-corrected chi connectivity index (χ2v) is 4.97. The van der Waals surface area contributed by atoms with Crippen molar-refractivity contribution in [2.45, 2.75) is 6.61 Å². The summed E-state index contributed by atoms with van der Waals surface area (Å²) in [4.78, 5) is 15.9. The van der Waals surface area contributed by atoms with E-state index in [1.165, 1.54) is 14.2 Å². The maximum Gasteiger partial charge on any atom is 0.376 e. The van der Waals surface area contributed by atoms with Crippen LogP contribution in [0.15, 0.2) is 28.7 Å². The Morgan fingerprint density at radius 2 is 2.00 bits per heavy atom. The molecule has 19 heavy (non-hydrogen) atoms. The zero-order valence-electron chi connectivity index (χ0n) is 10.5. The van der Waals surface area contributed by atoms with Crippen molar-refractivity contribution in [3.8, 4) is 11.5 Å². The van der Waals surface area contributed by atoms with Crippen LogP contribution in [0.5, 0.6) is 0 Å². The van der Waals surface area contributed by atoms with Gasteiger partial charge in [-0.1, -0.05) is 0 Å². The normalized spacial score (nSPS) is 10.5. The molecule has 0 radical (unpaired) electrons. The molecule has 0 spiro atoms. The Bertz CT molecular complexity index is 577. The molecule has 0 fully saturated rings. The number of hydrogen-bond donors (Lipinski definition) is 0. The lowest BCUT2D eigenvalue weighted by atomic mass is 10.2. The summed E-state index contributed by atoms with van der Waals surface area (Å²) in [6, 6.07) is 7.64. The van der Waals surface area contributed by atoms with Crippen LogP contribution in [0.2, 0.25) is 0 Å². The molecule has 0 bridgehead atoms. The maximum atomic E-state index is 11.6. The molecule has 5 nitrogen and oxygen atoms in total. The van der Waals surface area contributed by atoms with Crippen LogP contribution in [-0.2, 0) is 16.1 Å². The average Bonchev–Trinajstić information content (AvgIpc) is 2.83. The summed E-state index contributed by atoms with van der Waals surface area (Å²) in [6.07, 6.45) is 0. The SMILES string of the molecule is COCc1nc(-c2ccc(I)cc2)oc1C(=O)OC. The number of oxazole rings is 1. The molecule has 2 aromatic rings. The lowest BCUT2D eigenvalue weighted by molar-refractivity contribution is 0.0559. The van der Waals surface area contributed by atoms with Crippen molar-refractivity contribution >= 4 is 28.6 Å². The third-order valence-electron chi connectivity index (χ3n) is 2.44. The number of carbonyl (C=O) groups is 1.